The zero-order chi connectivity index (χ0) is 17.7. The van der Waals surface area contributed by atoms with Crippen LogP contribution >= 0.6 is 0 Å². The van der Waals surface area contributed by atoms with Crippen molar-refractivity contribution in [2.24, 2.45) is 5.41 Å². The Labute approximate surface area is 143 Å². The summed E-state index contributed by atoms with van der Waals surface area (Å²) < 4.78 is 5.51. The third kappa shape index (κ3) is 8.05. The van der Waals surface area contributed by atoms with Crippen LogP contribution in [0.5, 0.6) is 0 Å². The molecule has 1 saturated carbocycles. The lowest BCUT2D eigenvalue weighted by atomic mass is 9.85. The topological polar surface area (TPSA) is 41.6 Å². The third-order valence-electron chi connectivity index (χ3n) is 4.61. The minimum Gasteiger partial charge on any atom is -0.444 e. The lowest BCUT2D eigenvalue weighted by molar-refractivity contribution is 0.0192. The molecule has 0 aromatic carbocycles. The molecule has 0 radical (unpaired) electrons. The molecule has 23 heavy (non-hydrogen) atoms. The Hall–Kier alpha value is -0.770. The van der Waals surface area contributed by atoms with E-state index in [-0.39, 0.29) is 12.1 Å². The maximum Gasteiger partial charge on any atom is 0.410 e. The lowest BCUT2D eigenvalue weighted by Gasteiger charge is -2.30. The summed E-state index contributed by atoms with van der Waals surface area (Å²) in [6.07, 6.45) is 6.17. The van der Waals surface area contributed by atoms with E-state index in [4.69, 9.17) is 4.74 Å². The molecule has 1 N–H and O–H groups in total. The van der Waals surface area contributed by atoms with E-state index in [9.17, 15) is 4.79 Å². The molecule has 1 rings (SSSR count). The maximum atomic E-state index is 12.3. The number of carbonyl (C=O) groups excluding carboxylic acids is 1. The quantitative estimate of drug-likeness (QED) is 0.752. The number of hydrogen-bond donors (Lipinski definition) is 1. The summed E-state index contributed by atoms with van der Waals surface area (Å²) in [5.74, 6) is 0. The van der Waals surface area contributed by atoms with Gasteiger partial charge in [0.25, 0.3) is 0 Å². The molecule has 0 heterocycles. The standard InChI is InChI=1S/C19H38N2O2/c1-15(2)21(17(22)23-18(3,4)5)14-13-20-16-9-8-11-19(6,7)12-10-16/h15-16,20H,8-14H2,1-7H3. The van der Waals surface area contributed by atoms with Gasteiger partial charge >= 0.3 is 6.09 Å². The highest BCUT2D eigenvalue weighted by Crippen LogP contribution is 2.33. The molecule has 136 valence electrons. The van der Waals surface area contributed by atoms with Crippen LogP contribution in [0, 0.1) is 5.41 Å². The van der Waals surface area contributed by atoms with Gasteiger partial charge in [0.1, 0.15) is 5.60 Å². The summed E-state index contributed by atoms with van der Waals surface area (Å²) in [4.78, 5) is 14.1. The van der Waals surface area contributed by atoms with Gasteiger partial charge in [-0.1, -0.05) is 20.3 Å². The largest absolute Gasteiger partial charge is 0.444 e. The second kappa shape index (κ2) is 8.36. The lowest BCUT2D eigenvalue weighted by Crippen LogP contribution is -2.45. The predicted molar refractivity (Wildman–Crippen MR) is 96.7 cm³/mol. The van der Waals surface area contributed by atoms with Crippen molar-refractivity contribution in [3.8, 4) is 0 Å². The van der Waals surface area contributed by atoms with E-state index in [1.54, 1.807) is 0 Å². The predicted octanol–water partition coefficient (Wildman–Crippen LogP) is 4.58. The second-order valence-electron chi connectivity index (χ2n) is 9.01. The molecule has 1 atom stereocenters. The first-order valence-electron chi connectivity index (χ1n) is 9.23. The van der Waals surface area contributed by atoms with E-state index in [0.29, 0.717) is 18.0 Å². The van der Waals surface area contributed by atoms with Gasteiger partial charge in [-0.05, 0) is 65.7 Å². The van der Waals surface area contributed by atoms with Crippen LogP contribution in [-0.2, 0) is 4.74 Å². The van der Waals surface area contributed by atoms with E-state index in [2.05, 4.69) is 19.2 Å². The molecular weight excluding hydrogens is 288 g/mol. The highest BCUT2D eigenvalue weighted by Gasteiger charge is 2.26. The summed E-state index contributed by atoms with van der Waals surface area (Å²) in [5.41, 5.74) is 0.0431. The van der Waals surface area contributed by atoms with Gasteiger partial charge in [0, 0.05) is 25.2 Å². The van der Waals surface area contributed by atoms with Gasteiger partial charge in [0.05, 0.1) is 0 Å². The number of hydrogen-bond acceptors (Lipinski definition) is 3. The first kappa shape index (κ1) is 20.3. The third-order valence-corrected chi connectivity index (χ3v) is 4.61. The van der Waals surface area contributed by atoms with Crippen molar-refractivity contribution in [1.29, 1.82) is 0 Å². The maximum absolute atomic E-state index is 12.3. The van der Waals surface area contributed by atoms with Crippen molar-refractivity contribution < 1.29 is 9.53 Å². The van der Waals surface area contributed by atoms with Crippen LogP contribution in [0.15, 0.2) is 0 Å². The van der Waals surface area contributed by atoms with E-state index < -0.39 is 5.60 Å². The highest BCUT2D eigenvalue weighted by atomic mass is 16.6. The van der Waals surface area contributed by atoms with Crippen LogP contribution in [0.2, 0.25) is 0 Å². The van der Waals surface area contributed by atoms with Gasteiger partial charge in [0.15, 0.2) is 0 Å². The fourth-order valence-corrected chi connectivity index (χ4v) is 3.14. The first-order valence-corrected chi connectivity index (χ1v) is 9.23. The average molecular weight is 327 g/mol. The monoisotopic (exact) mass is 326 g/mol. The number of nitrogens with one attached hydrogen (secondary N) is 1. The zero-order valence-corrected chi connectivity index (χ0v) is 16.4. The van der Waals surface area contributed by atoms with Crippen molar-refractivity contribution in [2.75, 3.05) is 13.1 Å². The van der Waals surface area contributed by atoms with Crippen LogP contribution in [0.1, 0.15) is 80.6 Å². The minimum absolute atomic E-state index is 0.153. The van der Waals surface area contributed by atoms with Crippen molar-refractivity contribution in [3.05, 3.63) is 0 Å². The van der Waals surface area contributed by atoms with E-state index in [0.717, 1.165) is 6.54 Å². The summed E-state index contributed by atoms with van der Waals surface area (Å²) in [7, 11) is 0. The summed E-state index contributed by atoms with van der Waals surface area (Å²) in [6.45, 7) is 16.1. The molecule has 1 aliphatic rings. The van der Waals surface area contributed by atoms with Crippen molar-refractivity contribution in [1.82, 2.24) is 10.2 Å². The van der Waals surface area contributed by atoms with Gasteiger partial charge in [-0.25, -0.2) is 4.79 Å². The summed E-state index contributed by atoms with van der Waals surface area (Å²) in [5, 5.41) is 3.65. The number of carbonyl (C=O) groups is 1. The van der Waals surface area contributed by atoms with Gasteiger partial charge in [-0.3, -0.25) is 0 Å². The number of ether oxygens (including phenoxy) is 1. The van der Waals surface area contributed by atoms with E-state index in [1.165, 1.54) is 32.1 Å². The molecule has 0 bridgehead atoms. The molecular formula is C19H38N2O2. The Kier molecular flexibility index (Phi) is 7.37. The molecule has 1 amide bonds. The molecule has 0 aliphatic heterocycles. The molecule has 0 aromatic rings. The average Bonchev–Trinajstić information content (AvgIpc) is 2.53. The zero-order valence-electron chi connectivity index (χ0n) is 16.4. The molecule has 1 unspecified atom stereocenters. The number of nitrogens with zero attached hydrogens (tertiary/aromatic N) is 1. The van der Waals surface area contributed by atoms with Crippen molar-refractivity contribution >= 4 is 6.09 Å². The van der Waals surface area contributed by atoms with Crippen LogP contribution in [0.4, 0.5) is 4.79 Å². The fourth-order valence-electron chi connectivity index (χ4n) is 3.14. The Bertz CT molecular complexity index is 372. The molecule has 4 nitrogen and oxygen atoms in total. The van der Waals surface area contributed by atoms with Gasteiger partial charge in [-0.15, -0.1) is 0 Å². The molecule has 1 fully saturated rings. The number of rotatable bonds is 5. The number of amides is 1. The Morgan fingerprint density at radius 2 is 1.91 bits per heavy atom. The van der Waals surface area contributed by atoms with Crippen LogP contribution in [0.25, 0.3) is 0 Å². The minimum atomic E-state index is -0.440. The summed E-state index contributed by atoms with van der Waals surface area (Å²) >= 11 is 0. The van der Waals surface area contributed by atoms with Crippen LogP contribution in [0.3, 0.4) is 0 Å². The Morgan fingerprint density at radius 3 is 2.48 bits per heavy atom. The molecule has 0 aromatic heterocycles. The van der Waals surface area contributed by atoms with E-state index >= 15 is 0 Å². The Balaban J connectivity index is 2.42. The first-order chi connectivity index (χ1) is 10.5. The smallest absolute Gasteiger partial charge is 0.410 e. The molecule has 0 spiro atoms. The normalized spacial score (nSPS) is 21.8. The Morgan fingerprint density at radius 1 is 1.26 bits per heavy atom. The highest BCUT2D eigenvalue weighted by molar-refractivity contribution is 5.68. The molecule has 1 aliphatic carbocycles. The van der Waals surface area contributed by atoms with Gasteiger partial charge in [0.2, 0.25) is 0 Å². The van der Waals surface area contributed by atoms with Gasteiger partial charge in [-0.2, -0.15) is 0 Å². The van der Waals surface area contributed by atoms with Crippen LogP contribution in [-0.4, -0.2) is 41.8 Å². The van der Waals surface area contributed by atoms with E-state index in [1.807, 2.05) is 39.5 Å². The SMILES string of the molecule is CC(C)N(CCNC1CCCC(C)(C)CC1)C(=O)OC(C)(C)C. The van der Waals surface area contributed by atoms with Gasteiger partial charge < -0.3 is 15.0 Å². The second-order valence-corrected chi connectivity index (χ2v) is 9.01. The van der Waals surface area contributed by atoms with Crippen molar-refractivity contribution in [2.45, 2.75) is 98.3 Å². The molecule has 0 saturated heterocycles. The summed E-state index contributed by atoms with van der Waals surface area (Å²) in [6, 6.07) is 0.740. The van der Waals surface area contributed by atoms with Crippen LogP contribution < -0.4 is 5.32 Å². The fraction of sp³-hybridized carbons (Fsp3) is 0.947. The molecule has 4 heteroatoms. The van der Waals surface area contributed by atoms with Crippen molar-refractivity contribution in [3.63, 3.8) is 0 Å².